The van der Waals surface area contributed by atoms with Gasteiger partial charge in [0.25, 0.3) is 5.56 Å². The van der Waals surface area contributed by atoms with Crippen LogP contribution < -0.4 is 10.9 Å². The SMILES string of the molecule is CCCn1c(C(C)N(Cc2ccco2)C(=O)Nc2ccccc2Br)nc2ccccc2c1=O. The van der Waals surface area contributed by atoms with Crippen molar-refractivity contribution >= 4 is 38.6 Å². The molecular weight excluding hydrogens is 484 g/mol. The fraction of sp³-hybridized carbons (Fsp3) is 0.240. The predicted molar refractivity (Wildman–Crippen MR) is 132 cm³/mol. The van der Waals surface area contributed by atoms with Crippen molar-refractivity contribution in [2.45, 2.75) is 39.4 Å². The number of halogens is 1. The summed E-state index contributed by atoms with van der Waals surface area (Å²) in [5.74, 6) is 1.17. The highest BCUT2D eigenvalue weighted by Crippen LogP contribution is 2.26. The Labute approximate surface area is 200 Å². The highest BCUT2D eigenvalue weighted by atomic mass is 79.9. The number of nitrogens with zero attached hydrogens (tertiary/aromatic N) is 3. The molecule has 2 heterocycles. The zero-order valence-corrected chi connectivity index (χ0v) is 20.1. The number of nitrogens with one attached hydrogen (secondary N) is 1. The number of hydrogen-bond donors (Lipinski definition) is 1. The van der Waals surface area contributed by atoms with Crippen LogP contribution in [0.1, 0.15) is 37.9 Å². The summed E-state index contributed by atoms with van der Waals surface area (Å²) in [6.07, 6.45) is 2.34. The van der Waals surface area contributed by atoms with Gasteiger partial charge in [-0.25, -0.2) is 9.78 Å². The van der Waals surface area contributed by atoms with Gasteiger partial charge in [0.05, 0.1) is 35.4 Å². The zero-order valence-electron chi connectivity index (χ0n) is 18.5. The van der Waals surface area contributed by atoms with Gasteiger partial charge in [0, 0.05) is 11.0 Å². The second-order valence-corrected chi connectivity index (χ2v) is 8.59. The maximum Gasteiger partial charge on any atom is 0.322 e. The van der Waals surface area contributed by atoms with Gasteiger partial charge in [-0.1, -0.05) is 31.2 Å². The molecule has 1 N–H and O–H groups in total. The Hall–Kier alpha value is -3.39. The number of carbonyl (C=O) groups excluding carboxylic acids is 1. The molecule has 8 heteroatoms. The third kappa shape index (κ3) is 4.85. The Morgan fingerprint density at radius 3 is 2.64 bits per heavy atom. The third-order valence-electron chi connectivity index (χ3n) is 5.46. The van der Waals surface area contributed by atoms with E-state index in [4.69, 9.17) is 9.40 Å². The van der Waals surface area contributed by atoms with Crippen LogP contribution in [0.15, 0.2) is 80.6 Å². The molecule has 0 bridgehead atoms. The summed E-state index contributed by atoms with van der Waals surface area (Å²) in [6.45, 7) is 4.62. The van der Waals surface area contributed by atoms with Crippen molar-refractivity contribution in [2.75, 3.05) is 5.32 Å². The van der Waals surface area contributed by atoms with Crippen molar-refractivity contribution in [1.29, 1.82) is 0 Å². The maximum atomic E-state index is 13.5. The van der Waals surface area contributed by atoms with Crippen LogP contribution in [-0.4, -0.2) is 20.5 Å². The van der Waals surface area contributed by atoms with Crippen molar-refractivity contribution in [3.05, 3.63) is 93.3 Å². The summed E-state index contributed by atoms with van der Waals surface area (Å²) in [4.78, 5) is 33.2. The number of anilines is 1. The Balaban J connectivity index is 1.77. The molecule has 2 amide bonds. The van der Waals surface area contributed by atoms with E-state index in [0.29, 0.717) is 34.7 Å². The van der Waals surface area contributed by atoms with Gasteiger partial charge >= 0.3 is 6.03 Å². The molecule has 2 aromatic carbocycles. The number of para-hydroxylation sites is 2. The molecule has 2 aromatic heterocycles. The molecule has 0 aliphatic rings. The molecule has 0 saturated carbocycles. The summed E-state index contributed by atoms with van der Waals surface area (Å²) in [6, 6.07) is 17.5. The van der Waals surface area contributed by atoms with Crippen LogP contribution in [0.25, 0.3) is 10.9 Å². The van der Waals surface area contributed by atoms with E-state index < -0.39 is 6.04 Å². The van der Waals surface area contributed by atoms with Crippen molar-refractivity contribution < 1.29 is 9.21 Å². The highest BCUT2D eigenvalue weighted by Gasteiger charge is 2.27. The molecule has 0 aliphatic carbocycles. The first-order valence-corrected chi connectivity index (χ1v) is 11.6. The van der Waals surface area contributed by atoms with E-state index in [-0.39, 0.29) is 18.1 Å². The van der Waals surface area contributed by atoms with Gasteiger partial charge in [0.2, 0.25) is 0 Å². The summed E-state index contributed by atoms with van der Waals surface area (Å²) in [5.41, 5.74) is 1.16. The van der Waals surface area contributed by atoms with Gasteiger partial charge in [-0.3, -0.25) is 9.36 Å². The largest absolute Gasteiger partial charge is 0.467 e. The van der Waals surface area contributed by atoms with Gasteiger partial charge in [-0.05, 0) is 65.7 Å². The number of aromatic nitrogens is 2. The Bertz CT molecular complexity index is 1320. The number of urea groups is 1. The lowest BCUT2D eigenvalue weighted by Crippen LogP contribution is -2.39. The van der Waals surface area contributed by atoms with Gasteiger partial charge in [0.15, 0.2) is 0 Å². The number of hydrogen-bond acceptors (Lipinski definition) is 4. The third-order valence-corrected chi connectivity index (χ3v) is 6.15. The Kier molecular flexibility index (Phi) is 6.93. The molecule has 0 aliphatic heterocycles. The standard InChI is InChI=1S/C25H25BrN4O3/c1-3-14-29-23(27-21-12-6-4-10-19(21)24(29)31)17(2)30(16-18-9-8-15-33-18)25(32)28-22-13-7-5-11-20(22)26/h4-13,15,17H,3,14,16H2,1-2H3,(H,28,32). The number of rotatable bonds is 7. The normalized spacial score (nSPS) is 12.0. The molecule has 33 heavy (non-hydrogen) atoms. The van der Waals surface area contributed by atoms with Crippen LogP contribution >= 0.6 is 15.9 Å². The molecule has 170 valence electrons. The average Bonchev–Trinajstić information content (AvgIpc) is 3.34. The summed E-state index contributed by atoms with van der Waals surface area (Å²) >= 11 is 3.48. The number of fused-ring (bicyclic) bond motifs is 1. The quantitative estimate of drug-likeness (QED) is 0.334. The molecule has 7 nitrogen and oxygen atoms in total. The summed E-state index contributed by atoms with van der Waals surface area (Å²) < 4.78 is 7.97. The average molecular weight is 509 g/mol. The number of carbonyl (C=O) groups is 1. The fourth-order valence-corrected chi connectivity index (χ4v) is 4.17. The Morgan fingerprint density at radius 2 is 1.91 bits per heavy atom. The van der Waals surface area contributed by atoms with Gasteiger partial charge in [-0.15, -0.1) is 0 Å². The smallest absolute Gasteiger partial charge is 0.322 e. The van der Waals surface area contributed by atoms with Crippen LogP contribution in [-0.2, 0) is 13.1 Å². The van der Waals surface area contributed by atoms with Crippen LogP contribution in [0.4, 0.5) is 10.5 Å². The highest BCUT2D eigenvalue weighted by molar-refractivity contribution is 9.10. The minimum atomic E-state index is -0.499. The van der Waals surface area contributed by atoms with E-state index in [2.05, 4.69) is 21.2 Å². The van der Waals surface area contributed by atoms with E-state index in [1.54, 1.807) is 27.9 Å². The molecule has 0 saturated heterocycles. The molecule has 4 rings (SSSR count). The first-order valence-electron chi connectivity index (χ1n) is 10.8. The number of amides is 2. The van der Waals surface area contributed by atoms with Crippen molar-refractivity contribution in [2.24, 2.45) is 0 Å². The van der Waals surface area contributed by atoms with Crippen molar-refractivity contribution in [1.82, 2.24) is 14.5 Å². The molecule has 4 aromatic rings. The molecular formula is C25H25BrN4O3. The number of benzene rings is 2. The van der Waals surface area contributed by atoms with E-state index in [1.807, 2.05) is 62.4 Å². The van der Waals surface area contributed by atoms with Crippen LogP contribution in [0, 0.1) is 0 Å². The molecule has 1 unspecified atom stereocenters. The van der Waals surface area contributed by atoms with Crippen LogP contribution in [0.2, 0.25) is 0 Å². The van der Waals surface area contributed by atoms with Gasteiger partial charge in [-0.2, -0.15) is 0 Å². The van der Waals surface area contributed by atoms with E-state index in [0.717, 1.165) is 10.9 Å². The molecule has 1 atom stereocenters. The van der Waals surface area contributed by atoms with E-state index in [1.165, 1.54) is 0 Å². The van der Waals surface area contributed by atoms with E-state index >= 15 is 0 Å². The van der Waals surface area contributed by atoms with Gasteiger partial charge < -0.3 is 14.6 Å². The second kappa shape index (κ2) is 10.0. The first-order chi connectivity index (χ1) is 16.0. The maximum absolute atomic E-state index is 13.5. The zero-order chi connectivity index (χ0) is 23.4. The Morgan fingerprint density at radius 1 is 1.15 bits per heavy atom. The van der Waals surface area contributed by atoms with Crippen LogP contribution in [0.5, 0.6) is 0 Å². The van der Waals surface area contributed by atoms with Crippen LogP contribution in [0.3, 0.4) is 0 Å². The topological polar surface area (TPSA) is 80.4 Å². The lowest BCUT2D eigenvalue weighted by atomic mass is 10.2. The second-order valence-electron chi connectivity index (χ2n) is 7.74. The molecule has 0 radical (unpaired) electrons. The minimum absolute atomic E-state index is 0.103. The lowest BCUT2D eigenvalue weighted by Gasteiger charge is -2.30. The lowest BCUT2D eigenvalue weighted by molar-refractivity contribution is 0.177. The van der Waals surface area contributed by atoms with Crippen molar-refractivity contribution in [3.8, 4) is 0 Å². The predicted octanol–water partition coefficient (Wildman–Crippen LogP) is 5.96. The fourth-order valence-electron chi connectivity index (χ4n) is 3.79. The molecule has 0 fully saturated rings. The molecule has 0 spiro atoms. The van der Waals surface area contributed by atoms with Crippen molar-refractivity contribution in [3.63, 3.8) is 0 Å². The van der Waals surface area contributed by atoms with E-state index in [9.17, 15) is 9.59 Å². The summed E-state index contributed by atoms with van der Waals surface area (Å²) in [5, 5.41) is 3.53. The summed E-state index contributed by atoms with van der Waals surface area (Å²) in [7, 11) is 0. The number of furan rings is 1. The first kappa shape index (κ1) is 22.8. The minimum Gasteiger partial charge on any atom is -0.467 e. The van der Waals surface area contributed by atoms with Gasteiger partial charge in [0.1, 0.15) is 11.6 Å². The monoisotopic (exact) mass is 508 g/mol.